The number of carbonyl (C=O) groups excluding carboxylic acids is 1. The number of nitrogens with zero attached hydrogens (tertiary/aromatic N) is 1. The number of benzene rings is 3. The molecule has 1 aliphatic rings. The molecule has 0 saturated heterocycles. The monoisotopic (exact) mass is 384 g/mol. The average molecular weight is 385 g/mol. The topological polar surface area (TPSA) is 52.9 Å². The van der Waals surface area contributed by atoms with Gasteiger partial charge < -0.3 is 5.32 Å². The molecule has 4 heteroatoms. The molecule has 3 nitrogen and oxygen atoms in total. The molecular weight excluding hydrogens is 364 g/mol. The lowest BCUT2D eigenvalue weighted by Crippen LogP contribution is -2.31. The quantitative estimate of drug-likeness (QED) is 0.653. The highest BCUT2D eigenvalue weighted by molar-refractivity contribution is 8.02. The SMILES string of the molecule is Cc1ccccc1[C@H]1CC(=O)NC(SCc2cccc3ccccc23)=C1C#N. The zero-order valence-electron chi connectivity index (χ0n) is 15.6. The Bertz CT molecular complexity index is 1120. The Labute approximate surface area is 169 Å². The van der Waals surface area contributed by atoms with Crippen LogP contribution in [0.3, 0.4) is 0 Å². The molecular formula is C24H20N2OS. The number of hydrogen-bond donors (Lipinski definition) is 1. The van der Waals surface area contributed by atoms with Crippen LogP contribution in [0.4, 0.5) is 0 Å². The van der Waals surface area contributed by atoms with Crippen molar-refractivity contribution in [2.75, 3.05) is 0 Å². The zero-order valence-corrected chi connectivity index (χ0v) is 16.4. The number of carbonyl (C=O) groups is 1. The van der Waals surface area contributed by atoms with E-state index in [1.54, 1.807) is 0 Å². The van der Waals surface area contributed by atoms with E-state index in [4.69, 9.17) is 0 Å². The smallest absolute Gasteiger partial charge is 0.225 e. The van der Waals surface area contributed by atoms with E-state index in [0.717, 1.165) is 11.1 Å². The molecule has 0 fully saturated rings. The largest absolute Gasteiger partial charge is 0.320 e. The molecule has 3 aromatic rings. The van der Waals surface area contributed by atoms with Crippen molar-refractivity contribution < 1.29 is 4.79 Å². The number of nitrogens with one attached hydrogen (secondary N) is 1. The number of hydrogen-bond acceptors (Lipinski definition) is 3. The van der Waals surface area contributed by atoms with Crippen molar-refractivity contribution in [1.29, 1.82) is 5.26 Å². The summed E-state index contributed by atoms with van der Waals surface area (Å²) in [6.07, 6.45) is 0.312. The molecule has 1 aliphatic heterocycles. The van der Waals surface area contributed by atoms with Gasteiger partial charge in [-0.2, -0.15) is 5.26 Å². The minimum absolute atomic E-state index is 0.0346. The van der Waals surface area contributed by atoms with Gasteiger partial charge in [-0.15, -0.1) is 11.8 Å². The fraction of sp³-hybridized carbons (Fsp3) is 0.167. The van der Waals surface area contributed by atoms with E-state index in [1.807, 2.05) is 49.4 Å². The first-order valence-electron chi connectivity index (χ1n) is 9.26. The van der Waals surface area contributed by atoms with Gasteiger partial charge in [0.15, 0.2) is 0 Å². The number of fused-ring (bicyclic) bond motifs is 1. The summed E-state index contributed by atoms with van der Waals surface area (Å²) in [6, 6.07) is 24.9. The molecule has 28 heavy (non-hydrogen) atoms. The Morgan fingerprint density at radius 3 is 2.64 bits per heavy atom. The van der Waals surface area contributed by atoms with Crippen molar-refractivity contribution in [2.24, 2.45) is 0 Å². The Balaban J connectivity index is 1.68. The Morgan fingerprint density at radius 2 is 1.82 bits per heavy atom. The molecule has 138 valence electrons. The summed E-state index contributed by atoms with van der Waals surface area (Å²) in [5.41, 5.74) is 4.00. The van der Waals surface area contributed by atoms with Gasteiger partial charge in [-0.25, -0.2) is 0 Å². The summed E-state index contributed by atoms with van der Waals surface area (Å²) in [6.45, 7) is 2.03. The molecule has 0 spiro atoms. The van der Waals surface area contributed by atoms with Gasteiger partial charge >= 0.3 is 0 Å². The Kier molecular flexibility index (Phi) is 5.18. The third-order valence-corrected chi connectivity index (χ3v) is 6.24. The van der Waals surface area contributed by atoms with E-state index in [0.29, 0.717) is 22.8 Å². The average Bonchev–Trinajstić information content (AvgIpc) is 2.72. The van der Waals surface area contributed by atoms with Crippen molar-refractivity contribution in [3.8, 4) is 6.07 Å². The van der Waals surface area contributed by atoms with Crippen LogP contribution in [0, 0.1) is 18.3 Å². The highest BCUT2D eigenvalue weighted by Gasteiger charge is 2.30. The maximum atomic E-state index is 12.4. The standard InChI is InChI=1S/C24H20N2OS/c1-16-7-2-4-11-19(16)21-13-23(27)26-24(22(21)14-25)28-15-18-10-6-9-17-8-3-5-12-20(17)18/h2-12,21H,13,15H2,1H3,(H,26,27)/t21-/m1/s1. The van der Waals surface area contributed by atoms with Crippen molar-refractivity contribution in [2.45, 2.75) is 25.0 Å². The molecule has 1 N–H and O–H groups in total. The fourth-order valence-electron chi connectivity index (χ4n) is 3.74. The second kappa shape index (κ2) is 7.92. The van der Waals surface area contributed by atoms with Gasteiger partial charge in [0.25, 0.3) is 0 Å². The van der Waals surface area contributed by atoms with Gasteiger partial charge in [0, 0.05) is 18.1 Å². The third-order valence-electron chi connectivity index (χ3n) is 5.17. The first kappa shape index (κ1) is 18.3. The first-order valence-corrected chi connectivity index (χ1v) is 10.2. The predicted molar refractivity (Wildman–Crippen MR) is 115 cm³/mol. The fourth-order valence-corrected chi connectivity index (χ4v) is 4.83. The summed E-state index contributed by atoms with van der Waals surface area (Å²) in [5.74, 6) is 0.477. The van der Waals surface area contributed by atoms with Gasteiger partial charge in [0.1, 0.15) is 0 Å². The minimum atomic E-state index is -0.185. The van der Waals surface area contributed by atoms with Crippen LogP contribution in [0.1, 0.15) is 29.0 Å². The van der Waals surface area contributed by atoms with Gasteiger partial charge in [-0.3, -0.25) is 4.79 Å². The third kappa shape index (κ3) is 3.54. The van der Waals surface area contributed by atoms with E-state index >= 15 is 0 Å². The minimum Gasteiger partial charge on any atom is -0.320 e. The highest BCUT2D eigenvalue weighted by atomic mass is 32.2. The van der Waals surface area contributed by atoms with Gasteiger partial charge in [-0.1, -0.05) is 66.7 Å². The molecule has 0 unspecified atom stereocenters. The van der Waals surface area contributed by atoms with Crippen LogP contribution < -0.4 is 5.32 Å². The molecule has 0 aliphatic carbocycles. The molecule has 1 heterocycles. The second-order valence-electron chi connectivity index (χ2n) is 6.94. The maximum Gasteiger partial charge on any atom is 0.225 e. The number of allylic oxidation sites excluding steroid dienone is 1. The molecule has 1 atom stereocenters. The Hall–Kier alpha value is -3.03. The van der Waals surface area contributed by atoms with Gasteiger partial charge in [-0.05, 0) is 34.4 Å². The van der Waals surface area contributed by atoms with Crippen LogP contribution in [-0.4, -0.2) is 5.91 Å². The van der Waals surface area contributed by atoms with Crippen molar-refractivity contribution in [3.63, 3.8) is 0 Å². The van der Waals surface area contributed by atoms with Gasteiger partial charge in [0.2, 0.25) is 5.91 Å². The normalized spacial score (nSPS) is 16.7. The molecule has 0 bridgehead atoms. The van der Waals surface area contributed by atoms with Crippen LogP contribution in [0.2, 0.25) is 0 Å². The van der Waals surface area contributed by atoms with Crippen molar-refractivity contribution in [3.05, 3.63) is 94.0 Å². The molecule has 3 aromatic carbocycles. The predicted octanol–water partition coefficient (Wildman–Crippen LogP) is 5.42. The summed E-state index contributed by atoms with van der Waals surface area (Å²) in [4.78, 5) is 12.4. The number of thioether (sulfide) groups is 1. The number of nitriles is 1. The van der Waals surface area contributed by atoms with E-state index in [9.17, 15) is 10.1 Å². The summed E-state index contributed by atoms with van der Waals surface area (Å²) >= 11 is 1.53. The van der Waals surface area contributed by atoms with Crippen LogP contribution in [0.25, 0.3) is 10.8 Å². The van der Waals surface area contributed by atoms with Gasteiger partial charge in [0.05, 0.1) is 16.7 Å². The molecule has 0 radical (unpaired) electrons. The molecule has 4 rings (SSSR count). The van der Waals surface area contributed by atoms with E-state index in [1.165, 1.54) is 28.1 Å². The summed E-state index contributed by atoms with van der Waals surface area (Å²) in [5, 5.41) is 15.9. The maximum absolute atomic E-state index is 12.4. The van der Waals surface area contributed by atoms with Crippen LogP contribution >= 0.6 is 11.8 Å². The Morgan fingerprint density at radius 1 is 1.07 bits per heavy atom. The van der Waals surface area contributed by atoms with Crippen LogP contribution in [0.5, 0.6) is 0 Å². The number of amides is 1. The first-order chi connectivity index (χ1) is 13.7. The number of rotatable bonds is 4. The van der Waals surface area contributed by atoms with E-state index < -0.39 is 0 Å². The molecule has 0 aromatic heterocycles. The van der Waals surface area contributed by atoms with E-state index in [2.05, 4.69) is 35.7 Å². The summed E-state index contributed by atoms with van der Waals surface area (Å²) in [7, 11) is 0. The lowest BCUT2D eigenvalue weighted by molar-refractivity contribution is -0.120. The highest BCUT2D eigenvalue weighted by Crippen LogP contribution is 2.38. The lowest BCUT2D eigenvalue weighted by atomic mass is 9.85. The van der Waals surface area contributed by atoms with Crippen LogP contribution in [0.15, 0.2) is 77.3 Å². The number of aryl methyl sites for hydroxylation is 1. The van der Waals surface area contributed by atoms with Crippen molar-refractivity contribution >= 4 is 28.4 Å². The molecule has 0 saturated carbocycles. The second-order valence-corrected chi connectivity index (χ2v) is 7.93. The summed E-state index contributed by atoms with van der Waals surface area (Å²) < 4.78 is 0. The van der Waals surface area contributed by atoms with Crippen molar-refractivity contribution in [1.82, 2.24) is 5.32 Å². The lowest BCUT2D eigenvalue weighted by Gasteiger charge is -2.26. The molecule has 1 amide bonds. The van der Waals surface area contributed by atoms with E-state index in [-0.39, 0.29) is 11.8 Å². The zero-order chi connectivity index (χ0) is 19.5. The van der Waals surface area contributed by atoms with Crippen LogP contribution in [-0.2, 0) is 10.5 Å².